The lowest BCUT2D eigenvalue weighted by molar-refractivity contribution is 0.0163. The number of esters is 1. The molecule has 7 heteroatoms. The van der Waals surface area contributed by atoms with E-state index in [4.69, 9.17) is 9.47 Å². The smallest absolute Gasteiger partial charge is 0.410 e. The fourth-order valence-corrected chi connectivity index (χ4v) is 3.38. The molecule has 0 N–H and O–H groups in total. The van der Waals surface area contributed by atoms with Crippen molar-refractivity contribution < 1.29 is 19.1 Å². The quantitative estimate of drug-likeness (QED) is 0.698. The van der Waals surface area contributed by atoms with Gasteiger partial charge in [0.05, 0.1) is 12.1 Å². The zero-order valence-electron chi connectivity index (χ0n) is 16.5. The number of nitrogens with zero attached hydrogens (tertiary/aromatic N) is 2. The second-order valence-electron chi connectivity index (χ2n) is 7.60. The summed E-state index contributed by atoms with van der Waals surface area (Å²) in [7, 11) is 3.11. The number of carbonyl (C=O) groups excluding carboxylic acids is 2. The number of ether oxygens (including phenoxy) is 2. The van der Waals surface area contributed by atoms with Gasteiger partial charge < -0.3 is 14.4 Å². The van der Waals surface area contributed by atoms with Crippen LogP contribution in [0.2, 0.25) is 0 Å². The van der Waals surface area contributed by atoms with Gasteiger partial charge in [-0.05, 0) is 33.1 Å². The molecule has 0 aromatic carbocycles. The molecule has 1 heterocycles. The SMILES string of the molecule is COC(=O)c1csc(C(C)C[C@H](C(C)C)N(C)C(=O)OC(C)(C)C)n1. The average molecular weight is 371 g/mol. The molecule has 142 valence electrons. The van der Waals surface area contributed by atoms with Crippen LogP contribution >= 0.6 is 11.3 Å². The second-order valence-corrected chi connectivity index (χ2v) is 8.49. The third-order valence-electron chi connectivity index (χ3n) is 3.88. The van der Waals surface area contributed by atoms with Gasteiger partial charge in [0.25, 0.3) is 0 Å². The number of rotatable bonds is 6. The Hall–Kier alpha value is -1.63. The van der Waals surface area contributed by atoms with Crippen molar-refractivity contribution in [2.45, 2.75) is 65.5 Å². The molecule has 0 aliphatic heterocycles. The predicted octanol–water partition coefficient (Wildman–Crippen LogP) is 4.31. The van der Waals surface area contributed by atoms with Crippen LogP contribution in [-0.2, 0) is 9.47 Å². The van der Waals surface area contributed by atoms with Crippen molar-refractivity contribution in [2.24, 2.45) is 5.92 Å². The van der Waals surface area contributed by atoms with Crippen LogP contribution in [0.3, 0.4) is 0 Å². The van der Waals surface area contributed by atoms with Crippen LogP contribution in [0.25, 0.3) is 0 Å². The molecule has 0 spiro atoms. The Morgan fingerprint density at radius 2 is 1.88 bits per heavy atom. The van der Waals surface area contributed by atoms with Crippen LogP contribution < -0.4 is 0 Å². The summed E-state index contributed by atoms with van der Waals surface area (Å²) in [6.07, 6.45) is 0.412. The van der Waals surface area contributed by atoms with E-state index in [1.807, 2.05) is 20.8 Å². The molecule has 1 aromatic rings. The first kappa shape index (κ1) is 21.4. The minimum absolute atomic E-state index is 0.00956. The standard InChI is InChI=1S/C18H30N2O4S/c1-11(2)14(20(7)17(22)24-18(4,5)6)9-12(3)15-19-13(10-25-15)16(21)23-8/h10-12,14H,9H2,1-8H3/t12?,14-/m1/s1. The molecule has 0 aliphatic carbocycles. The van der Waals surface area contributed by atoms with Gasteiger partial charge in [0.1, 0.15) is 5.60 Å². The summed E-state index contributed by atoms with van der Waals surface area (Å²) in [5.41, 5.74) is -0.195. The van der Waals surface area contributed by atoms with E-state index in [1.165, 1.54) is 18.4 Å². The van der Waals surface area contributed by atoms with E-state index >= 15 is 0 Å². The van der Waals surface area contributed by atoms with Crippen LogP contribution in [0.1, 0.15) is 69.4 Å². The number of thiazole rings is 1. The van der Waals surface area contributed by atoms with E-state index in [0.29, 0.717) is 5.69 Å². The van der Waals surface area contributed by atoms with Gasteiger partial charge in [-0.2, -0.15) is 0 Å². The van der Waals surface area contributed by atoms with Gasteiger partial charge in [-0.15, -0.1) is 11.3 Å². The molecule has 1 rings (SSSR count). The van der Waals surface area contributed by atoms with E-state index in [0.717, 1.165) is 11.4 Å². The maximum Gasteiger partial charge on any atom is 0.410 e. The molecule has 1 amide bonds. The predicted molar refractivity (Wildman–Crippen MR) is 99.1 cm³/mol. The fourth-order valence-electron chi connectivity index (χ4n) is 2.52. The van der Waals surface area contributed by atoms with Crippen molar-refractivity contribution >= 4 is 23.4 Å². The molecule has 1 aromatic heterocycles. The van der Waals surface area contributed by atoms with Gasteiger partial charge >= 0.3 is 12.1 Å². The zero-order valence-corrected chi connectivity index (χ0v) is 17.3. The van der Waals surface area contributed by atoms with Crippen LogP contribution in [-0.4, -0.2) is 47.7 Å². The number of aromatic nitrogens is 1. The van der Waals surface area contributed by atoms with Crippen LogP contribution in [0.5, 0.6) is 0 Å². The van der Waals surface area contributed by atoms with Crippen molar-refractivity contribution in [1.82, 2.24) is 9.88 Å². The van der Waals surface area contributed by atoms with Gasteiger partial charge in [-0.3, -0.25) is 0 Å². The summed E-state index contributed by atoms with van der Waals surface area (Å²) in [6, 6.07) is 0.00956. The highest BCUT2D eigenvalue weighted by Crippen LogP contribution is 2.29. The van der Waals surface area contributed by atoms with Crippen molar-refractivity contribution in [3.63, 3.8) is 0 Å². The van der Waals surface area contributed by atoms with Gasteiger partial charge in [0.2, 0.25) is 0 Å². The highest BCUT2D eigenvalue weighted by atomic mass is 32.1. The first-order chi connectivity index (χ1) is 11.5. The largest absolute Gasteiger partial charge is 0.464 e. The third kappa shape index (κ3) is 6.30. The van der Waals surface area contributed by atoms with Crippen molar-refractivity contribution in [1.29, 1.82) is 0 Å². The lowest BCUT2D eigenvalue weighted by Crippen LogP contribution is -2.43. The van der Waals surface area contributed by atoms with Crippen LogP contribution in [0, 0.1) is 5.92 Å². The summed E-state index contributed by atoms with van der Waals surface area (Å²) >= 11 is 1.44. The minimum Gasteiger partial charge on any atom is -0.464 e. The second kappa shape index (κ2) is 8.65. The Morgan fingerprint density at radius 3 is 2.36 bits per heavy atom. The molecule has 0 aliphatic rings. The monoisotopic (exact) mass is 370 g/mol. The topological polar surface area (TPSA) is 68.7 Å². The van der Waals surface area contributed by atoms with Gasteiger partial charge in [0, 0.05) is 24.4 Å². The maximum absolute atomic E-state index is 12.4. The molecule has 2 atom stereocenters. The van der Waals surface area contributed by atoms with E-state index in [9.17, 15) is 9.59 Å². The van der Waals surface area contributed by atoms with Crippen molar-refractivity contribution in [2.75, 3.05) is 14.2 Å². The zero-order chi connectivity index (χ0) is 19.4. The normalized spacial score (nSPS) is 14.1. The van der Waals surface area contributed by atoms with E-state index in [1.54, 1.807) is 17.3 Å². The molecule has 0 bridgehead atoms. The summed E-state index contributed by atoms with van der Waals surface area (Å²) in [6.45, 7) is 11.8. The number of carbonyl (C=O) groups is 2. The molecular formula is C18H30N2O4S. The maximum atomic E-state index is 12.4. The highest BCUT2D eigenvalue weighted by Gasteiger charge is 2.29. The molecule has 1 unspecified atom stereocenters. The molecule has 6 nitrogen and oxygen atoms in total. The summed E-state index contributed by atoms with van der Waals surface area (Å²) < 4.78 is 10.2. The fraction of sp³-hybridized carbons (Fsp3) is 0.722. The molecule has 0 saturated heterocycles. The summed E-state index contributed by atoms with van der Waals surface area (Å²) in [5.74, 6) is -0.0540. The third-order valence-corrected chi connectivity index (χ3v) is 4.96. The molecule has 0 saturated carbocycles. The van der Waals surface area contributed by atoms with Crippen LogP contribution in [0.15, 0.2) is 5.38 Å². The van der Waals surface area contributed by atoms with Gasteiger partial charge in [-0.25, -0.2) is 14.6 Å². The number of hydrogen-bond acceptors (Lipinski definition) is 6. The Morgan fingerprint density at radius 1 is 1.28 bits per heavy atom. The molecular weight excluding hydrogens is 340 g/mol. The molecule has 0 fully saturated rings. The summed E-state index contributed by atoms with van der Waals surface area (Å²) in [5, 5.41) is 2.57. The number of hydrogen-bond donors (Lipinski definition) is 0. The first-order valence-electron chi connectivity index (χ1n) is 8.45. The summed E-state index contributed by atoms with van der Waals surface area (Å²) in [4.78, 5) is 30.0. The van der Waals surface area contributed by atoms with E-state index in [-0.39, 0.29) is 24.0 Å². The lowest BCUT2D eigenvalue weighted by atomic mass is 9.93. The van der Waals surface area contributed by atoms with E-state index < -0.39 is 11.6 Å². The average Bonchev–Trinajstić information content (AvgIpc) is 2.98. The molecule has 25 heavy (non-hydrogen) atoms. The van der Waals surface area contributed by atoms with Gasteiger partial charge in [-0.1, -0.05) is 20.8 Å². The number of amides is 1. The van der Waals surface area contributed by atoms with Crippen molar-refractivity contribution in [3.8, 4) is 0 Å². The van der Waals surface area contributed by atoms with E-state index in [2.05, 4.69) is 25.8 Å². The highest BCUT2D eigenvalue weighted by molar-refractivity contribution is 7.09. The Labute approximate surface area is 154 Å². The lowest BCUT2D eigenvalue weighted by Gasteiger charge is -2.34. The number of methoxy groups -OCH3 is 1. The van der Waals surface area contributed by atoms with Crippen LogP contribution in [0.4, 0.5) is 4.79 Å². The van der Waals surface area contributed by atoms with Gasteiger partial charge in [0.15, 0.2) is 5.69 Å². The first-order valence-corrected chi connectivity index (χ1v) is 9.33. The molecule has 0 radical (unpaired) electrons. The minimum atomic E-state index is -0.525. The Bertz CT molecular complexity index is 592. The Kier molecular flexibility index (Phi) is 7.41. The Balaban J connectivity index is 2.85. The van der Waals surface area contributed by atoms with Crippen molar-refractivity contribution in [3.05, 3.63) is 16.1 Å².